The zero-order chi connectivity index (χ0) is 10.6. The van der Waals surface area contributed by atoms with Crippen LogP contribution in [0.2, 0.25) is 0 Å². The van der Waals surface area contributed by atoms with Crippen molar-refractivity contribution in [3.05, 3.63) is 0 Å². The number of carboxylic acid groups (broad SMARTS) is 3. The van der Waals surface area contributed by atoms with E-state index in [1.807, 2.05) is 0 Å². The van der Waals surface area contributed by atoms with Gasteiger partial charge in [0.05, 0.1) is 5.97 Å². The molecular weight excluding hydrogens is 276 g/mol. The molecule has 0 aliphatic rings. The Morgan fingerprint density at radius 2 is 1.06 bits per heavy atom. The van der Waals surface area contributed by atoms with Gasteiger partial charge in [-0.1, -0.05) is 0 Å². The van der Waals surface area contributed by atoms with Crippen molar-refractivity contribution in [2.75, 3.05) is 0 Å². The van der Waals surface area contributed by atoms with Crippen LogP contribution in [0.5, 0.6) is 0 Å². The number of hydrogen-bond acceptors (Lipinski definition) is 7. The van der Waals surface area contributed by atoms with Crippen LogP contribution in [0.25, 0.3) is 0 Å². The van der Waals surface area contributed by atoms with Gasteiger partial charge in [-0.3, -0.25) is 0 Å². The summed E-state index contributed by atoms with van der Waals surface area (Å²) in [6, 6.07) is 0. The molecule has 7 nitrogen and oxygen atoms in total. The average molecular weight is 281 g/mol. The molecule has 0 aliphatic heterocycles. The first-order chi connectivity index (χ1) is 5.78. The molecule has 1 N–H and O–H groups in total. The van der Waals surface area contributed by atoms with E-state index < -0.39 is 36.4 Å². The third kappa shape index (κ3) is 14.6. The second kappa shape index (κ2) is 14.8. The summed E-state index contributed by atoms with van der Waals surface area (Å²) in [7, 11) is 0. The maximum Gasteiger partial charge on any atom is 1.00 e. The van der Waals surface area contributed by atoms with Crippen molar-refractivity contribution in [3.63, 3.8) is 0 Å². The summed E-state index contributed by atoms with van der Waals surface area (Å²) in [6.45, 7) is 0. The SMILES string of the molecule is O=C([O-])CC(O)(CC(=O)[O-])C(=O)[O-].[Na+].[Na+].[Na+].[Na+]. The predicted molar refractivity (Wildman–Crippen MR) is 29.2 cm³/mol. The quantitative estimate of drug-likeness (QED) is 0.493. The minimum absolute atomic E-state index is 0. The van der Waals surface area contributed by atoms with E-state index in [4.69, 9.17) is 5.11 Å². The molecule has 0 aromatic rings. The van der Waals surface area contributed by atoms with Crippen LogP contribution < -0.4 is 134 Å². The summed E-state index contributed by atoms with van der Waals surface area (Å²) in [5.74, 6) is -5.98. The van der Waals surface area contributed by atoms with Gasteiger partial charge in [-0.2, -0.15) is 0 Å². The second-order valence-corrected chi connectivity index (χ2v) is 2.42. The van der Waals surface area contributed by atoms with E-state index >= 15 is 0 Å². The van der Waals surface area contributed by atoms with E-state index in [1.54, 1.807) is 0 Å². The molecule has 0 aromatic heterocycles. The maximum absolute atomic E-state index is 10.1. The van der Waals surface area contributed by atoms with Gasteiger partial charge in [0.15, 0.2) is 0 Å². The largest absolute Gasteiger partial charge is 1.00 e. The van der Waals surface area contributed by atoms with Crippen molar-refractivity contribution in [2.24, 2.45) is 0 Å². The van der Waals surface area contributed by atoms with Gasteiger partial charge in [-0.15, -0.1) is 0 Å². The number of aliphatic hydroxyl groups is 1. The van der Waals surface area contributed by atoms with Gasteiger partial charge < -0.3 is 34.8 Å². The van der Waals surface area contributed by atoms with Crippen LogP contribution in [-0.2, 0) is 14.4 Å². The zero-order valence-corrected chi connectivity index (χ0v) is 18.3. The van der Waals surface area contributed by atoms with Crippen molar-refractivity contribution in [2.45, 2.75) is 18.4 Å². The first-order valence-electron chi connectivity index (χ1n) is 3.11. The van der Waals surface area contributed by atoms with Gasteiger partial charge >= 0.3 is 118 Å². The van der Waals surface area contributed by atoms with Crippen molar-refractivity contribution >= 4 is 17.9 Å². The van der Waals surface area contributed by atoms with E-state index in [0.717, 1.165) is 0 Å². The molecule has 0 aromatic carbocycles. The number of hydrogen-bond donors (Lipinski definition) is 1. The summed E-state index contributed by atoms with van der Waals surface area (Å²) < 4.78 is 0. The van der Waals surface area contributed by atoms with Crippen molar-refractivity contribution in [3.8, 4) is 0 Å². The van der Waals surface area contributed by atoms with Crippen LogP contribution in [0.1, 0.15) is 12.8 Å². The molecular formula is C6H5Na4O7+. The Kier molecular flexibility index (Phi) is 27.5. The zero-order valence-electron chi connectivity index (χ0n) is 10.3. The predicted octanol–water partition coefficient (Wildman–Crippen LogP) is -17.2. The monoisotopic (exact) mass is 281 g/mol. The van der Waals surface area contributed by atoms with Crippen molar-refractivity contribution in [1.29, 1.82) is 0 Å². The molecule has 0 amide bonds. The normalized spacial score (nSPS) is 8.29. The Morgan fingerprint density at radius 3 is 1.18 bits per heavy atom. The first kappa shape index (κ1) is 31.7. The van der Waals surface area contributed by atoms with E-state index in [2.05, 4.69) is 0 Å². The van der Waals surface area contributed by atoms with Gasteiger partial charge in [0.2, 0.25) is 0 Å². The minimum atomic E-state index is -2.97. The van der Waals surface area contributed by atoms with Gasteiger partial charge in [0.25, 0.3) is 0 Å². The van der Waals surface area contributed by atoms with Crippen LogP contribution in [-0.4, -0.2) is 28.6 Å². The molecule has 0 spiro atoms. The van der Waals surface area contributed by atoms with Crippen molar-refractivity contribution < 1.29 is 153 Å². The van der Waals surface area contributed by atoms with Gasteiger partial charge in [0.1, 0.15) is 5.60 Å². The Labute approximate surface area is 186 Å². The summed E-state index contributed by atoms with van der Waals surface area (Å²) in [5, 5.41) is 38.9. The molecule has 0 heterocycles. The van der Waals surface area contributed by atoms with Gasteiger partial charge in [-0.05, 0) is 0 Å². The molecule has 0 aliphatic carbocycles. The van der Waals surface area contributed by atoms with Crippen LogP contribution in [0.4, 0.5) is 0 Å². The average Bonchev–Trinajstić information content (AvgIpc) is 1.82. The van der Waals surface area contributed by atoms with Gasteiger partial charge in [0, 0.05) is 24.8 Å². The van der Waals surface area contributed by atoms with Crippen LogP contribution in [0.3, 0.4) is 0 Å². The molecule has 17 heavy (non-hydrogen) atoms. The van der Waals surface area contributed by atoms with E-state index in [9.17, 15) is 29.7 Å². The number of carboxylic acids is 3. The number of aliphatic carboxylic acids is 3. The Hall–Kier alpha value is 2.37. The fraction of sp³-hybridized carbons (Fsp3) is 0.500. The minimum Gasteiger partial charge on any atom is -0.550 e. The third-order valence-corrected chi connectivity index (χ3v) is 1.25. The molecule has 0 radical (unpaired) electrons. The van der Waals surface area contributed by atoms with E-state index in [-0.39, 0.29) is 118 Å². The molecule has 0 atom stereocenters. The Morgan fingerprint density at radius 1 is 0.824 bits per heavy atom. The summed E-state index contributed by atoms with van der Waals surface area (Å²) >= 11 is 0. The molecule has 0 saturated carbocycles. The standard InChI is InChI=1S/C6H8O7.4Na/c7-3(8)1-6(13,5(11)12)2-4(9)10;;;;/h13H,1-2H2,(H,7,8)(H,9,10)(H,11,12);;;;/q;4*+1/p-3. The molecule has 0 unspecified atom stereocenters. The fourth-order valence-electron chi connectivity index (χ4n) is 0.684. The summed E-state index contributed by atoms with van der Waals surface area (Å²) in [5.41, 5.74) is -2.97. The molecule has 0 fully saturated rings. The number of rotatable bonds is 5. The Balaban J connectivity index is -0.000000120. The summed E-state index contributed by atoms with van der Waals surface area (Å²) in [4.78, 5) is 30.0. The summed E-state index contributed by atoms with van der Waals surface area (Å²) in [6.07, 6.45) is -2.72. The molecule has 74 valence electrons. The first-order valence-corrected chi connectivity index (χ1v) is 3.11. The molecule has 0 rings (SSSR count). The number of carbonyl (C=O) groups excluding carboxylic acids is 3. The fourth-order valence-corrected chi connectivity index (χ4v) is 0.684. The van der Waals surface area contributed by atoms with E-state index in [0.29, 0.717) is 0 Å². The third-order valence-electron chi connectivity index (χ3n) is 1.25. The number of carbonyl (C=O) groups is 3. The molecule has 11 heteroatoms. The smallest absolute Gasteiger partial charge is 0.550 e. The Bertz CT molecular complexity index is 241. The van der Waals surface area contributed by atoms with Crippen LogP contribution in [0.15, 0.2) is 0 Å². The van der Waals surface area contributed by atoms with E-state index in [1.165, 1.54) is 0 Å². The molecule has 0 bridgehead atoms. The van der Waals surface area contributed by atoms with Crippen LogP contribution >= 0.6 is 0 Å². The van der Waals surface area contributed by atoms with Gasteiger partial charge in [-0.25, -0.2) is 0 Å². The second-order valence-electron chi connectivity index (χ2n) is 2.42. The molecule has 0 saturated heterocycles. The topological polar surface area (TPSA) is 141 Å². The van der Waals surface area contributed by atoms with Crippen molar-refractivity contribution in [1.82, 2.24) is 0 Å². The maximum atomic E-state index is 10.1. The van der Waals surface area contributed by atoms with Crippen LogP contribution in [0, 0.1) is 0 Å².